The number of phenols is 1. The van der Waals surface area contributed by atoms with E-state index in [1.54, 1.807) is 42.4 Å². The minimum Gasteiger partial charge on any atom is -0.508 e. The average Bonchev–Trinajstić information content (AvgIpc) is 2.75. The molecule has 0 bridgehead atoms. The minimum atomic E-state index is -0.143. The summed E-state index contributed by atoms with van der Waals surface area (Å²) in [5, 5.41) is 9.36. The molecule has 1 aromatic carbocycles. The van der Waals surface area contributed by atoms with Gasteiger partial charge in [-0.1, -0.05) is 12.1 Å². The fourth-order valence-electron chi connectivity index (χ4n) is 1.74. The summed E-state index contributed by atoms with van der Waals surface area (Å²) < 4.78 is 0. The van der Waals surface area contributed by atoms with Gasteiger partial charge in [-0.05, 0) is 23.8 Å². The first-order chi connectivity index (χ1) is 8.56. The first kappa shape index (κ1) is 12.0. The minimum absolute atomic E-state index is 0.143. The van der Waals surface area contributed by atoms with Gasteiger partial charge in [-0.3, -0.25) is 4.79 Å². The van der Waals surface area contributed by atoms with Crippen molar-refractivity contribution < 1.29 is 9.90 Å². The Morgan fingerprint density at radius 1 is 1.44 bits per heavy atom. The van der Waals surface area contributed by atoms with Crippen molar-refractivity contribution in [3.8, 4) is 5.75 Å². The molecule has 0 saturated carbocycles. The van der Waals surface area contributed by atoms with Crippen LogP contribution in [-0.4, -0.2) is 27.9 Å². The summed E-state index contributed by atoms with van der Waals surface area (Å²) in [6.45, 7) is 0.423. The second-order valence-electron chi connectivity index (χ2n) is 4.18. The van der Waals surface area contributed by atoms with E-state index in [2.05, 4.69) is 4.98 Å². The number of H-pyrrole nitrogens is 1. The average molecular weight is 245 g/mol. The maximum absolute atomic E-state index is 12.0. The predicted molar refractivity (Wildman–Crippen MR) is 69.1 cm³/mol. The van der Waals surface area contributed by atoms with Crippen LogP contribution in [0, 0.1) is 0 Å². The lowest BCUT2D eigenvalue weighted by Gasteiger charge is -2.16. The van der Waals surface area contributed by atoms with E-state index in [0.29, 0.717) is 17.9 Å². The lowest BCUT2D eigenvalue weighted by atomic mass is 10.2. The van der Waals surface area contributed by atoms with Crippen LogP contribution in [0.5, 0.6) is 5.75 Å². The molecule has 0 unspecified atom stereocenters. The van der Waals surface area contributed by atoms with Crippen LogP contribution in [0.3, 0.4) is 0 Å². The highest BCUT2D eigenvalue weighted by Crippen LogP contribution is 2.14. The summed E-state index contributed by atoms with van der Waals surface area (Å²) in [4.78, 5) is 16.4. The molecular weight excluding hydrogens is 230 g/mol. The molecule has 1 heterocycles. The lowest BCUT2D eigenvalue weighted by molar-refractivity contribution is 0.0780. The highest BCUT2D eigenvalue weighted by Gasteiger charge is 2.13. The van der Waals surface area contributed by atoms with Gasteiger partial charge in [-0.25, -0.2) is 0 Å². The Kier molecular flexibility index (Phi) is 3.23. The number of benzene rings is 1. The molecular formula is C13H15N3O2. The number of carbonyl (C=O) groups excluding carboxylic acids is 1. The molecule has 0 atom stereocenters. The van der Waals surface area contributed by atoms with Gasteiger partial charge in [0.1, 0.15) is 11.4 Å². The van der Waals surface area contributed by atoms with E-state index in [1.807, 2.05) is 6.07 Å². The Morgan fingerprint density at radius 3 is 2.83 bits per heavy atom. The van der Waals surface area contributed by atoms with Crippen LogP contribution in [-0.2, 0) is 6.54 Å². The van der Waals surface area contributed by atoms with E-state index < -0.39 is 0 Å². The third-order valence-corrected chi connectivity index (χ3v) is 2.61. The Bertz CT molecular complexity index is 563. The normalized spacial score (nSPS) is 10.3. The lowest BCUT2D eigenvalue weighted by Crippen LogP contribution is -2.26. The van der Waals surface area contributed by atoms with E-state index in [0.717, 1.165) is 5.56 Å². The molecule has 94 valence electrons. The second-order valence-corrected chi connectivity index (χ2v) is 4.18. The van der Waals surface area contributed by atoms with Crippen molar-refractivity contribution in [2.24, 2.45) is 0 Å². The number of carbonyl (C=O) groups is 1. The van der Waals surface area contributed by atoms with Crippen LogP contribution >= 0.6 is 0 Å². The number of nitrogen functional groups attached to an aromatic ring is 1. The van der Waals surface area contributed by atoms with Gasteiger partial charge in [-0.15, -0.1) is 0 Å². The summed E-state index contributed by atoms with van der Waals surface area (Å²) in [6, 6.07) is 8.42. The number of amides is 1. The Morgan fingerprint density at radius 2 is 2.22 bits per heavy atom. The summed E-state index contributed by atoms with van der Waals surface area (Å²) in [6.07, 6.45) is 1.58. The van der Waals surface area contributed by atoms with E-state index in [4.69, 9.17) is 5.73 Å². The molecule has 0 fully saturated rings. The van der Waals surface area contributed by atoms with Gasteiger partial charge in [0.05, 0.1) is 0 Å². The molecule has 0 aliphatic rings. The van der Waals surface area contributed by atoms with Crippen LogP contribution in [0.2, 0.25) is 0 Å². The zero-order valence-corrected chi connectivity index (χ0v) is 10.1. The van der Waals surface area contributed by atoms with E-state index in [-0.39, 0.29) is 11.7 Å². The fourth-order valence-corrected chi connectivity index (χ4v) is 1.74. The summed E-state index contributed by atoms with van der Waals surface area (Å²) in [5.74, 6) is 0.0486. The van der Waals surface area contributed by atoms with Crippen molar-refractivity contribution in [1.82, 2.24) is 9.88 Å². The molecule has 0 spiro atoms. The van der Waals surface area contributed by atoms with Gasteiger partial charge in [0.2, 0.25) is 0 Å². The van der Waals surface area contributed by atoms with Crippen molar-refractivity contribution >= 4 is 11.6 Å². The zero-order valence-electron chi connectivity index (χ0n) is 10.1. The molecule has 4 N–H and O–H groups in total. The monoisotopic (exact) mass is 245 g/mol. The van der Waals surface area contributed by atoms with Gasteiger partial charge in [-0.2, -0.15) is 0 Å². The maximum Gasteiger partial charge on any atom is 0.270 e. The van der Waals surface area contributed by atoms with Crippen LogP contribution in [0.15, 0.2) is 36.5 Å². The maximum atomic E-state index is 12.0. The topological polar surface area (TPSA) is 82.3 Å². The quantitative estimate of drug-likeness (QED) is 0.767. The molecule has 0 saturated heterocycles. The number of aromatic hydroxyl groups is 1. The molecule has 1 aromatic heterocycles. The first-order valence-electron chi connectivity index (χ1n) is 5.53. The van der Waals surface area contributed by atoms with E-state index >= 15 is 0 Å². The largest absolute Gasteiger partial charge is 0.508 e. The third kappa shape index (κ3) is 2.63. The number of nitrogens with one attached hydrogen (secondary N) is 1. The molecule has 18 heavy (non-hydrogen) atoms. The van der Waals surface area contributed by atoms with Crippen molar-refractivity contribution in [3.63, 3.8) is 0 Å². The number of nitrogens with two attached hydrogens (primary N) is 1. The molecule has 0 aliphatic heterocycles. The summed E-state index contributed by atoms with van der Waals surface area (Å²) in [7, 11) is 1.70. The number of hydrogen-bond donors (Lipinski definition) is 3. The smallest absolute Gasteiger partial charge is 0.270 e. The number of hydrogen-bond acceptors (Lipinski definition) is 3. The van der Waals surface area contributed by atoms with Crippen LogP contribution < -0.4 is 5.73 Å². The van der Waals surface area contributed by atoms with Crippen molar-refractivity contribution in [1.29, 1.82) is 0 Å². The Balaban J connectivity index is 2.08. The van der Waals surface area contributed by atoms with Gasteiger partial charge in [0, 0.05) is 25.5 Å². The number of phenolic OH excluding ortho intramolecular Hbond substituents is 1. The SMILES string of the molecule is CN(Cc1cccc(O)c1)C(=O)c1cc(N)c[nH]1. The number of nitrogens with zero attached hydrogens (tertiary/aromatic N) is 1. The standard InChI is InChI=1S/C13H15N3O2/c1-16(8-9-3-2-4-11(17)5-9)13(18)12-6-10(14)7-15-12/h2-7,15,17H,8,14H2,1H3. The second kappa shape index (κ2) is 4.83. The first-order valence-corrected chi connectivity index (χ1v) is 5.53. The van der Waals surface area contributed by atoms with E-state index in [9.17, 15) is 9.90 Å². The van der Waals surface area contributed by atoms with Crippen LogP contribution in [0.1, 0.15) is 16.1 Å². The fraction of sp³-hybridized carbons (Fsp3) is 0.154. The molecule has 1 amide bonds. The molecule has 2 aromatic rings. The molecule has 5 heteroatoms. The number of aromatic amines is 1. The molecule has 0 radical (unpaired) electrons. The number of aromatic nitrogens is 1. The van der Waals surface area contributed by atoms with E-state index in [1.165, 1.54) is 0 Å². The van der Waals surface area contributed by atoms with Crippen molar-refractivity contribution in [3.05, 3.63) is 47.8 Å². The van der Waals surface area contributed by atoms with Gasteiger partial charge < -0.3 is 20.7 Å². The van der Waals surface area contributed by atoms with Gasteiger partial charge in [0.15, 0.2) is 0 Å². The van der Waals surface area contributed by atoms with Crippen molar-refractivity contribution in [2.75, 3.05) is 12.8 Å². The molecule has 5 nitrogen and oxygen atoms in total. The third-order valence-electron chi connectivity index (χ3n) is 2.61. The van der Waals surface area contributed by atoms with Crippen molar-refractivity contribution in [2.45, 2.75) is 6.54 Å². The summed E-state index contributed by atoms with van der Waals surface area (Å²) >= 11 is 0. The predicted octanol–water partition coefficient (Wildman–Crippen LogP) is 1.57. The van der Waals surface area contributed by atoms with Gasteiger partial charge in [0.25, 0.3) is 5.91 Å². The number of anilines is 1. The Labute approximate surface area is 105 Å². The van der Waals surface area contributed by atoms with Crippen LogP contribution in [0.25, 0.3) is 0 Å². The van der Waals surface area contributed by atoms with Gasteiger partial charge >= 0.3 is 0 Å². The molecule has 2 rings (SSSR count). The summed E-state index contributed by atoms with van der Waals surface area (Å²) in [5.41, 5.74) is 7.41. The van der Waals surface area contributed by atoms with Crippen LogP contribution in [0.4, 0.5) is 5.69 Å². The Hall–Kier alpha value is -2.43. The zero-order chi connectivity index (χ0) is 13.1. The highest BCUT2D eigenvalue weighted by molar-refractivity contribution is 5.93. The number of rotatable bonds is 3. The molecule has 0 aliphatic carbocycles. The highest BCUT2D eigenvalue weighted by atomic mass is 16.3.